The molecule has 1 rings (SSSR count). The van der Waals surface area contributed by atoms with Crippen LogP contribution < -0.4 is 5.32 Å². The Kier molecular flexibility index (Phi) is 7.03. The fourth-order valence-electron chi connectivity index (χ4n) is 2.63. The van der Waals surface area contributed by atoms with Gasteiger partial charge in [0.05, 0.1) is 0 Å². The molecule has 2 atom stereocenters. The maximum absolute atomic E-state index is 14.0. The highest BCUT2D eigenvalue weighted by Crippen LogP contribution is 2.24. The second kappa shape index (κ2) is 8.28. The second-order valence-electron chi connectivity index (χ2n) is 5.30. The van der Waals surface area contributed by atoms with E-state index in [1.54, 1.807) is 12.1 Å². The van der Waals surface area contributed by atoms with Gasteiger partial charge < -0.3 is 10.2 Å². The first-order valence-corrected chi connectivity index (χ1v) is 7.26. The lowest BCUT2D eigenvalue weighted by Gasteiger charge is -2.29. The molecule has 0 spiro atoms. The van der Waals surface area contributed by atoms with Gasteiger partial charge in [0, 0.05) is 18.2 Å². The van der Waals surface area contributed by atoms with Crippen LogP contribution in [0.4, 0.5) is 4.39 Å². The van der Waals surface area contributed by atoms with Crippen molar-refractivity contribution in [2.45, 2.75) is 33.2 Å². The average Bonchev–Trinajstić information content (AvgIpc) is 2.37. The Morgan fingerprint density at radius 2 is 1.95 bits per heavy atom. The number of halogens is 1. The number of rotatable bonds is 8. The summed E-state index contributed by atoms with van der Waals surface area (Å²) in [5.74, 6) is 0.256. The largest absolute Gasteiger partial charge is 0.310 e. The molecule has 1 aromatic rings. The van der Waals surface area contributed by atoms with Crippen LogP contribution in [0.15, 0.2) is 24.3 Å². The molecule has 2 unspecified atom stereocenters. The summed E-state index contributed by atoms with van der Waals surface area (Å²) in [5.41, 5.74) is 0.779. The van der Waals surface area contributed by atoms with Crippen molar-refractivity contribution < 1.29 is 4.39 Å². The third-order valence-electron chi connectivity index (χ3n) is 3.44. The van der Waals surface area contributed by atoms with Crippen LogP contribution in [-0.2, 0) is 0 Å². The molecule has 0 fully saturated rings. The first kappa shape index (κ1) is 16.1. The Morgan fingerprint density at radius 3 is 2.53 bits per heavy atom. The van der Waals surface area contributed by atoms with Gasteiger partial charge in [-0.3, -0.25) is 0 Å². The van der Waals surface area contributed by atoms with Crippen molar-refractivity contribution >= 4 is 0 Å². The Bertz CT molecular complexity index is 368. The average molecular weight is 266 g/mol. The van der Waals surface area contributed by atoms with E-state index >= 15 is 0 Å². The van der Waals surface area contributed by atoms with E-state index in [-0.39, 0.29) is 11.9 Å². The summed E-state index contributed by atoms with van der Waals surface area (Å²) in [6, 6.07) is 7.16. The van der Waals surface area contributed by atoms with Crippen molar-refractivity contribution in [3.63, 3.8) is 0 Å². The number of benzene rings is 1. The normalized spacial score (nSPS) is 14.6. The highest BCUT2D eigenvalue weighted by molar-refractivity contribution is 5.22. The molecule has 0 bridgehead atoms. The highest BCUT2D eigenvalue weighted by Gasteiger charge is 2.22. The van der Waals surface area contributed by atoms with E-state index < -0.39 is 0 Å². The molecule has 2 nitrogen and oxygen atoms in total. The molecular weight excluding hydrogens is 239 g/mol. The van der Waals surface area contributed by atoms with Crippen LogP contribution in [-0.4, -0.2) is 31.6 Å². The van der Waals surface area contributed by atoms with Gasteiger partial charge in [0.25, 0.3) is 0 Å². The molecule has 0 aliphatic heterocycles. The maximum atomic E-state index is 14.0. The topological polar surface area (TPSA) is 15.3 Å². The summed E-state index contributed by atoms with van der Waals surface area (Å²) in [6.45, 7) is 9.34. The Labute approximate surface area is 117 Å². The molecule has 0 saturated carbocycles. The highest BCUT2D eigenvalue weighted by atomic mass is 19.1. The molecule has 0 amide bonds. The lowest BCUT2D eigenvalue weighted by molar-refractivity contribution is 0.246. The van der Waals surface area contributed by atoms with Crippen molar-refractivity contribution in [3.05, 3.63) is 35.6 Å². The van der Waals surface area contributed by atoms with Gasteiger partial charge in [0.1, 0.15) is 5.82 Å². The van der Waals surface area contributed by atoms with Crippen LogP contribution in [0.5, 0.6) is 0 Å². The first-order chi connectivity index (χ1) is 9.10. The summed E-state index contributed by atoms with van der Waals surface area (Å²) in [7, 11) is 2.13. The van der Waals surface area contributed by atoms with Gasteiger partial charge >= 0.3 is 0 Å². The van der Waals surface area contributed by atoms with E-state index in [0.29, 0.717) is 5.92 Å². The van der Waals surface area contributed by atoms with Gasteiger partial charge in [-0.15, -0.1) is 0 Å². The van der Waals surface area contributed by atoms with Crippen molar-refractivity contribution in [1.82, 2.24) is 10.2 Å². The van der Waals surface area contributed by atoms with Gasteiger partial charge in [0.2, 0.25) is 0 Å². The summed E-state index contributed by atoms with van der Waals surface area (Å²) in [4.78, 5) is 2.32. The Balaban J connectivity index is 2.79. The summed E-state index contributed by atoms with van der Waals surface area (Å²) in [6.07, 6.45) is 1.15. The molecule has 0 heterocycles. The molecular formula is C16H27FN2. The monoisotopic (exact) mass is 266 g/mol. The zero-order valence-corrected chi connectivity index (χ0v) is 12.6. The number of nitrogens with one attached hydrogen (secondary N) is 1. The van der Waals surface area contributed by atoms with Crippen molar-refractivity contribution in [2.75, 3.05) is 26.7 Å². The molecule has 0 saturated heterocycles. The molecule has 1 aromatic carbocycles. The SMILES string of the molecule is CCCN(C)CC(C)C(NCC)c1ccccc1F. The molecule has 0 aromatic heterocycles. The zero-order chi connectivity index (χ0) is 14.3. The van der Waals surface area contributed by atoms with Crippen molar-refractivity contribution in [2.24, 2.45) is 5.92 Å². The fraction of sp³-hybridized carbons (Fsp3) is 0.625. The first-order valence-electron chi connectivity index (χ1n) is 7.26. The van der Waals surface area contributed by atoms with E-state index in [2.05, 4.69) is 38.0 Å². The predicted octanol–water partition coefficient (Wildman–Crippen LogP) is 3.45. The lowest BCUT2D eigenvalue weighted by Crippen LogP contribution is -2.35. The number of nitrogens with zero attached hydrogens (tertiary/aromatic N) is 1. The lowest BCUT2D eigenvalue weighted by atomic mass is 9.93. The standard InChI is InChI=1S/C16H27FN2/c1-5-11-19(4)12-13(3)16(18-6-2)14-9-7-8-10-15(14)17/h7-10,13,16,18H,5-6,11-12H2,1-4H3. The van der Waals surface area contributed by atoms with Gasteiger partial charge in [-0.1, -0.05) is 39.0 Å². The van der Waals surface area contributed by atoms with Crippen LogP contribution in [0, 0.1) is 11.7 Å². The van der Waals surface area contributed by atoms with E-state index in [1.807, 2.05) is 12.1 Å². The minimum Gasteiger partial charge on any atom is -0.310 e. The third kappa shape index (κ3) is 4.92. The van der Waals surface area contributed by atoms with E-state index in [0.717, 1.165) is 31.6 Å². The molecule has 0 aliphatic rings. The molecule has 0 radical (unpaired) electrons. The van der Waals surface area contributed by atoms with Gasteiger partial charge in [-0.25, -0.2) is 4.39 Å². The molecule has 0 aliphatic carbocycles. The third-order valence-corrected chi connectivity index (χ3v) is 3.44. The summed E-state index contributed by atoms with van der Waals surface area (Å²) in [5, 5.41) is 3.42. The van der Waals surface area contributed by atoms with E-state index in [4.69, 9.17) is 0 Å². The van der Waals surface area contributed by atoms with Gasteiger partial charge in [-0.2, -0.15) is 0 Å². The zero-order valence-electron chi connectivity index (χ0n) is 12.6. The molecule has 1 N–H and O–H groups in total. The van der Waals surface area contributed by atoms with Crippen molar-refractivity contribution in [3.8, 4) is 0 Å². The minimum atomic E-state index is -0.113. The predicted molar refractivity (Wildman–Crippen MR) is 79.8 cm³/mol. The Hall–Kier alpha value is -0.930. The summed E-state index contributed by atoms with van der Waals surface area (Å²) < 4.78 is 14.0. The molecule has 108 valence electrons. The minimum absolute atomic E-state index is 0.0745. The van der Waals surface area contributed by atoms with Gasteiger partial charge in [0.15, 0.2) is 0 Å². The van der Waals surface area contributed by atoms with Crippen molar-refractivity contribution in [1.29, 1.82) is 0 Å². The maximum Gasteiger partial charge on any atom is 0.127 e. The number of hydrogen-bond donors (Lipinski definition) is 1. The smallest absolute Gasteiger partial charge is 0.127 e. The molecule has 19 heavy (non-hydrogen) atoms. The summed E-state index contributed by atoms with van der Waals surface area (Å²) >= 11 is 0. The van der Waals surface area contributed by atoms with Crippen LogP contribution in [0.2, 0.25) is 0 Å². The van der Waals surface area contributed by atoms with Gasteiger partial charge in [-0.05, 0) is 38.5 Å². The quantitative estimate of drug-likeness (QED) is 0.775. The van der Waals surface area contributed by atoms with E-state index in [9.17, 15) is 4.39 Å². The van der Waals surface area contributed by atoms with Crippen LogP contribution in [0.1, 0.15) is 38.8 Å². The number of hydrogen-bond acceptors (Lipinski definition) is 2. The van der Waals surface area contributed by atoms with Crippen LogP contribution in [0.25, 0.3) is 0 Å². The van der Waals surface area contributed by atoms with Crippen LogP contribution >= 0.6 is 0 Å². The second-order valence-corrected chi connectivity index (χ2v) is 5.30. The van der Waals surface area contributed by atoms with Crippen LogP contribution in [0.3, 0.4) is 0 Å². The fourth-order valence-corrected chi connectivity index (χ4v) is 2.63. The Morgan fingerprint density at radius 1 is 1.26 bits per heavy atom. The molecule has 3 heteroatoms. The van der Waals surface area contributed by atoms with E-state index in [1.165, 1.54) is 0 Å².